The molecule has 0 nitrogen and oxygen atoms in total. The van der Waals surface area contributed by atoms with Crippen LogP contribution in [0.15, 0.2) is 72.8 Å². The summed E-state index contributed by atoms with van der Waals surface area (Å²) in [6, 6.07) is 27.6. The van der Waals surface area contributed by atoms with Gasteiger partial charge in [0.1, 0.15) is 0 Å². The van der Waals surface area contributed by atoms with Gasteiger partial charge in [0.05, 0.1) is 0 Å². The van der Waals surface area contributed by atoms with Crippen LogP contribution in [-0.4, -0.2) is 0 Å². The number of hydrogen-bond acceptors (Lipinski definition) is 0. The number of rotatable bonds is 3. The van der Waals surface area contributed by atoms with Crippen molar-refractivity contribution in [3.05, 3.63) is 117 Å². The minimum absolute atomic E-state index is 0. The Morgan fingerprint density at radius 3 is 1.24 bits per heavy atom. The summed E-state index contributed by atoms with van der Waals surface area (Å²) in [5.74, 6) is 0. The molecule has 0 fully saturated rings. The van der Waals surface area contributed by atoms with Crippen molar-refractivity contribution in [1.29, 1.82) is 0 Å². The molecule has 2 aliphatic carbocycles. The van der Waals surface area contributed by atoms with Crippen LogP contribution in [0, 0.1) is 0 Å². The number of benzene rings is 4. The first-order valence-electron chi connectivity index (χ1n) is 13.6. The zero-order chi connectivity index (χ0) is 25.2. The summed E-state index contributed by atoms with van der Waals surface area (Å²) in [5.41, 5.74) is 18.3. The summed E-state index contributed by atoms with van der Waals surface area (Å²) >= 11 is 0. The van der Waals surface area contributed by atoms with E-state index in [0.717, 1.165) is 25.7 Å². The van der Waals surface area contributed by atoms with Crippen molar-refractivity contribution in [3.63, 3.8) is 0 Å². The molecule has 0 radical (unpaired) electrons. The molecule has 1 heteroatoms. The van der Waals surface area contributed by atoms with Gasteiger partial charge in [0, 0.05) is 25.8 Å². The fraction of sp³-hybridized carbons (Fsp3) is 0.333. The minimum atomic E-state index is 0. The molecule has 0 atom stereocenters. The van der Waals surface area contributed by atoms with Crippen LogP contribution in [0.3, 0.4) is 0 Å². The van der Waals surface area contributed by atoms with Crippen LogP contribution >= 0.6 is 0 Å². The maximum atomic E-state index is 2.42. The Labute approximate surface area is 242 Å². The average Bonchev–Trinajstić information content (AvgIpc) is 3.39. The zero-order valence-electron chi connectivity index (χ0n) is 23.3. The molecule has 0 bridgehead atoms. The smallest absolute Gasteiger partial charge is 0 e. The maximum absolute atomic E-state index is 2.42. The molecule has 0 amide bonds. The van der Waals surface area contributed by atoms with Gasteiger partial charge >= 0.3 is 0 Å². The summed E-state index contributed by atoms with van der Waals surface area (Å²) in [6.07, 6.45) is 4.32. The van der Waals surface area contributed by atoms with Crippen molar-refractivity contribution >= 4 is 0 Å². The Kier molecular flexibility index (Phi) is 6.76. The summed E-state index contributed by atoms with van der Waals surface area (Å²) in [6.45, 7) is 14.2. The first kappa shape index (κ1) is 26.4. The van der Waals surface area contributed by atoms with E-state index in [4.69, 9.17) is 0 Å². The average molecular weight is 649 g/mol. The van der Waals surface area contributed by atoms with Crippen LogP contribution in [-0.2, 0) is 62.4 Å². The zero-order valence-corrected chi connectivity index (χ0v) is 26.8. The third-order valence-electron chi connectivity index (χ3n) is 8.45. The van der Waals surface area contributed by atoms with E-state index in [2.05, 4.69) is 114 Å². The first-order chi connectivity index (χ1) is 17.1. The number of fused-ring (bicyclic) bond motifs is 6. The monoisotopic (exact) mass is 650 g/mol. The third kappa shape index (κ3) is 4.52. The maximum Gasteiger partial charge on any atom is 0 e. The van der Waals surface area contributed by atoms with Gasteiger partial charge in [-0.25, -0.2) is 0 Å². The van der Waals surface area contributed by atoms with Gasteiger partial charge in [-0.15, -0.1) is 0 Å². The van der Waals surface area contributed by atoms with Crippen molar-refractivity contribution in [2.24, 2.45) is 0 Å². The fourth-order valence-corrected chi connectivity index (χ4v) is 6.78. The Hall–Kier alpha value is -2.25. The molecule has 0 aromatic heterocycles. The van der Waals surface area contributed by atoms with Crippen LogP contribution in [0.4, 0.5) is 0 Å². The molecule has 186 valence electrons. The molecular formula is C36H38Hf. The van der Waals surface area contributed by atoms with Crippen LogP contribution in [0.2, 0.25) is 0 Å². The Balaban J connectivity index is 0.00000280. The molecule has 4 aromatic carbocycles. The predicted octanol–water partition coefficient (Wildman–Crippen LogP) is 9.21. The van der Waals surface area contributed by atoms with Gasteiger partial charge in [-0.05, 0) is 103 Å². The van der Waals surface area contributed by atoms with Gasteiger partial charge in [0.25, 0.3) is 0 Å². The molecule has 0 aliphatic heterocycles. The molecule has 0 spiro atoms. The Bertz CT molecular complexity index is 1380. The van der Waals surface area contributed by atoms with Crippen molar-refractivity contribution in [3.8, 4) is 22.3 Å². The van der Waals surface area contributed by atoms with Gasteiger partial charge in [-0.1, -0.05) is 114 Å². The van der Waals surface area contributed by atoms with Crippen LogP contribution < -0.4 is 0 Å². The topological polar surface area (TPSA) is 0 Å². The van der Waals surface area contributed by atoms with Crippen LogP contribution in [0.1, 0.15) is 86.1 Å². The van der Waals surface area contributed by atoms with Crippen molar-refractivity contribution in [2.45, 2.75) is 78.1 Å². The molecule has 6 rings (SSSR count). The van der Waals surface area contributed by atoms with Gasteiger partial charge in [0.2, 0.25) is 0 Å². The van der Waals surface area contributed by atoms with Crippen molar-refractivity contribution in [1.82, 2.24) is 0 Å². The van der Waals surface area contributed by atoms with E-state index in [0.29, 0.717) is 0 Å². The van der Waals surface area contributed by atoms with Gasteiger partial charge in [0.15, 0.2) is 0 Å². The van der Waals surface area contributed by atoms with E-state index in [9.17, 15) is 0 Å². The normalized spacial score (nSPS) is 13.5. The molecule has 37 heavy (non-hydrogen) atoms. The molecule has 0 N–H and O–H groups in total. The van der Waals surface area contributed by atoms with Gasteiger partial charge in [-0.2, -0.15) is 0 Å². The molecule has 0 saturated heterocycles. The third-order valence-corrected chi connectivity index (χ3v) is 8.45. The van der Waals surface area contributed by atoms with E-state index in [1.165, 1.54) is 44.5 Å². The SMILES string of the molecule is CC(C)(C)c1ccc2c(c1CCc1c(C(C)(C)C)ccc3c1Cc1ccccc1-3)Cc1ccccc1-2.[Hf]. The minimum Gasteiger partial charge on any atom is -0.0619 e. The van der Waals surface area contributed by atoms with E-state index in [-0.39, 0.29) is 36.7 Å². The second-order valence-corrected chi connectivity index (χ2v) is 12.9. The largest absolute Gasteiger partial charge is 0.0619 e. The van der Waals surface area contributed by atoms with Gasteiger partial charge in [-0.3, -0.25) is 0 Å². The van der Waals surface area contributed by atoms with Crippen molar-refractivity contribution in [2.75, 3.05) is 0 Å². The van der Waals surface area contributed by atoms with E-state index >= 15 is 0 Å². The summed E-state index contributed by atoms with van der Waals surface area (Å²) in [4.78, 5) is 0. The van der Waals surface area contributed by atoms with E-state index < -0.39 is 0 Å². The van der Waals surface area contributed by atoms with Crippen molar-refractivity contribution < 1.29 is 25.8 Å². The van der Waals surface area contributed by atoms with Crippen LogP contribution in [0.5, 0.6) is 0 Å². The molecule has 0 saturated carbocycles. The molecular weight excluding hydrogens is 611 g/mol. The van der Waals surface area contributed by atoms with Crippen LogP contribution in [0.25, 0.3) is 22.3 Å². The van der Waals surface area contributed by atoms with E-state index in [1.807, 2.05) is 0 Å². The summed E-state index contributed by atoms with van der Waals surface area (Å²) < 4.78 is 0. The second-order valence-electron chi connectivity index (χ2n) is 12.9. The quantitative estimate of drug-likeness (QED) is 0.168. The Morgan fingerprint density at radius 1 is 0.486 bits per heavy atom. The second kappa shape index (κ2) is 9.49. The van der Waals surface area contributed by atoms with Gasteiger partial charge < -0.3 is 0 Å². The molecule has 0 unspecified atom stereocenters. The molecule has 4 aromatic rings. The standard InChI is InChI=1S/C36H38.Hf/c1-35(2,3)33-19-17-27-25-13-9-7-11-23(25)21-31(27)29(33)15-16-30-32-22-24-12-8-10-14-26(24)28(32)18-20-34(30)36(4,5)6;/h7-14,17-20H,15-16,21-22H2,1-6H3;. The number of hydrogen-bond donors (Lipinski definition) is 0. The van der Waals surface area contributed by atoms with E-state index in [1.54, 1.807) is 22.3 Å². The summed E-state index contributed by atoms with van der Waals surface area (Å²) in [7, 11) is 0. The summed E-state index contributed by atoms with van der Waals surface area (Å²) in [5, 5.41) is 0. The predicted molar refractivity (Wildman–Crippen MR) is 154 cm³/mol. The fourth-order valence-electron chi connectivity index (χ4n) is 6.78. The molecule has 0 heterocycles. The molecule has 2 aliphatic rings. The Morgan fingerprint density at radius 2 is 0.865 bits per heavy atom. The first-order valence-corrected chi connectivity index (χ1v) is 13.6.